The van der Waals surface area contributed by atoms with Crippen LogP contribution in [0.3, 0.4) is 0 Å². The summed E-state index contributed by atoms with van der Waals surface area (Å²) in [5.41, 5.74) is 2.91. The molecule has 3 aliphatic heterocycles. The summed E-state index contributed by atoms with van der Waals surface area (Å²) in [5.74, 6) is -0.330. The molecule has 3 amide bonds. The van der Waals surface area contributed by atoms with Gasteiger partial charge < -0.3 is 25.8 Å². The Hall–Kier alpha value is -5.54. The maximum absolute atomic E-state index is 15.2. The molecule has 3 saturated heterocycles. The number of carbonyl (C=O) groups is 3. The molecule has 13 nitrogen and oxygen atoms in total. The number of halogens is 2. The topological polar surface area (TPSA) is 164 Å². The minimum atomic E-state index is -0.547. The number of benzene rings is 2. The lowest BCUT2D eigenvalue weighted by Gasteiger charge is -2.38. The molecule has 316 valence electrons. The van der Waals surface area contributed by atoms with Gasteiger partial charge >= 0.3 is 0 Å². The Balaban J connectivity index is 0.726. The maximum Gasteiger partial charge on any atom is 0.255 e. The zero-order chi connectivity index (χ0) is 41.6. The highest BCUT2D eigenvalue weighted by atomic mass is 19.1. The number of aromatic nitrogens is 3. The van der Waals surface area contributed by atoms with Gasteiger partial charge in [0.15, 0.2) is 5.82 Å². The summed E-state index contributed by atoms with van der Waals surface area (Å²) in [7, 11) is 0. The molecule has 1 atom stereocenters. The molecule has 8 rings (SSSR count). The van der Waals surface area contributed by atoms with E-state index in [1.165, 1.54) is 12.3 Å². The van der Waals surface area contributed by atoms with Crippen molar-refractivity contribution in [1.82, 2.24) is 35.4 Å². The van der Waals surface area contributed by atoms with Crippen molar-refractivity contribution in [2.24, 2.45) is 5.92 Å². The lowest BCUT2D eigenvalue weighted by molar-refractivity contribution is -0.133. The highest BCUT2D eigenvalue weighted by Gasteiger charge is 2.30. The van der Waals surface area contributed by atoms with Crippen LogP contribution in [0.25, 0.3) is 22.4 Å². The third kappa shape index (κ3) is 10.2. The van der Waals surface area contributed by atoms with Gasteiger partial charge in [-0.05, 0) is 137 Å². The molecule has 5 heterocycles. The van der Waals surface area contributed by atoms with Crippen LogP contribution in [0.1, 0.15) is 75.7 Å². The summed E-state index contributed by atoms with van der Waals surface area (Å²) in [4.78, 5) is 65.1. The quantitative estimate of drug-likeness (QED) is 0.117. The highest BCUT2D eigenvalue weighted by Crippen LogP contribution is 2.33. The Morgan fingerprint density at radius 3 is 2.28 bits per heavy atom. The number of hydrogen-bond acceptors (Lipinski definition) is 10. The monoisotopic (exact) mass is 821 g/mol. The van der Waals surface area contributed by atoms with Crippen LogP contribution in [0.5, 0.6) is 0 Å². The number of piperidine rings is 3. The van der Waals surface area contributed by atoms with Crippen LogP contribution in [0.15, 0.2) is 71.8 Å². The fourth-order valence-corrected chi connectivity index (χ4v) is 9.26. The van der Waals surface area contributed by atoms with Gasteiger partial charge in [0.1, 0.15) is 17.6 Å². The van der Waals surface area contributed by atoms with Gasteiger partial charge in [0, 0.05) is 48.1 Å². The first kappa shape index (κ1) is 41.2. The van der Waals surface area contributed by atoms with Crippen LogP contribution in [0.4, 0.5) is 20.4 Å². The number of aromatic amines is 1. The van der Waals surface area contributed by atoms with Crippen molar-refractivity contribution in [1.29, 1.82) is 0 Å². The summed E-state index contributed by atoms with van der Waals surface area (Å²) in [6, 6.07) is 15.3. The fourth-order valence-electron chi connectivity index (χ4n) is 9.26. The van der Waals surface area contributed by atoms with Crippen molar-refractivity contribution in [2.75, 3.05) is 49.9 Å². The van der Waals surface area contributed by atoms with Crippen LogP contribution < -0.4 is 26.8 Å². The van der Waals surface area contributed by atoms with E-state index in [1.807, 2.05) is 18.2 Å². The number of hydrogen-bond donors (Lipinski definition) is 5. The molecular formula is C45H53F2N9O4. The van der Waals surface area contributed by atoms with E-state index in [1.54, 1.807) is 36.5 Å². The number of pyridine rings is 1. The minimum absolute atomic E-state index is 0.0604. The summed E-state index contributed by atoms with van der Waals surface area (Å²) < 4.78 is 30.2. The average molecular weight is 822 g/mol. The van der Waals surface area contributed by atoms with Crippen molar-refractivity contribution in [3.8, 4) is 22.4 Å². The van der Waals surface area contributed by atoms with E-state index < -0.39 is 11.9 Å². The van der Waals surface area contributed by atoms with E-state index in [4.69, 9.17) is 0 Å². The number of amides is 3. The van der Waals surface area contributed by atoms with Crippen LogP contribution in [-0.4, -0.2) is 99.9 Å². The first-order chi connectivity index (χ1) is 29.1. The Bertz CT molecular complexity index is 2230. The van der Waals surface area contributed by atoms with E-state index in [0.29, 0.717) is 47.2 Å². The number of H-pyrrole nitrogens is 1. The Morgan fingerprint density at radius 2 is 1.53 bits per heavy atom. The van der Waals surface area contributed by atoms with Gasteiger partial charge in [0.05, 0.1) is 12.7 Å². The zero-order valence-corrected chi connectivity index (χ0v) is 33.7. The van der Waals surface area contributed by atoms with Crippen LogP contribution >= 0.6 is 0 Å². The lowest BCUT2D eigenvalue weighted by Crippen LogP contribution is -2.47. The Kier molecular flexibility index (Phi) is 12.9. The molecule has 4 aliphatic rings. The SMILES string of the molecule is O=C1CCC(Nc2ccc(C3CCN(CC4CCN(CC(=O)N[C@H]5CC[C@H](Nc6ncc(F)c(-c7cccc(-c8ccc[nH]c8=O)c7)n6)CC5)CC4)CC3)c(F)c2)C(=O)N1. The van der Waals surface area contributed by atoms with E-state index in [9.17, 15) is 23.6 Å². The molecule has 2 aromatic heterocycles. The van der Waals surface area contributed by atoms with Gasteiger partial charge in [-0.25, -0.2) is 18.7 Å². The molecule has 1 unspecified atom stereocenters. The second kappa shape index (κ2) is 18.8. The summed E-state index contributed by atoms with van der Waals surface area (Å²) in [5, 5.41) is 12.0. The van der Waals surface area contributed by atoms with Gasteiger partial charge in [0.2, 0.25) is 23.7 Å². The number of nitrogens with one attached hydrogen (secondary N) is 5. The number of rotatable bonds is 12. The molecule has 0 spiro atoms. The third-order valence-electron chi connectivity index (χ3n) is 12.6. The van der Waals surface area contributed by atoms with Gasteiger partial charge in [-0.15, -0.1) is 0 Å². The largest absolute Gasteiger partial charge is 0.374 e. The molecular weight excluding hydrogens is 769 g/mol. The van der Waals surface area contributed by atoms with Crippen molar-refractivity contribution < 1.29 is 23.2 Å². The van der Waals surface area contributed by atoms with Crippen molar-refractivity contribution >= 4 is 29.4 Å². The number of nitrogens with zero attached hydrogens (tertiary/aromatic N) is 4. The van der Waals surface area contributed by atoms with Gasteiger partial charge in [-0.1, -0.05) is 24.3 Å². The first-order valence-electron chi connectivity index (χ1n) is 21.3. The smallest absolute Gasteiger partial charge is 0.255 e. The first-order valence-corrected chi connectivity index (χ1v) is 21.3. The van der Waals surface area contributed by atoms with Crippen molar-refractivity contribution in [2.45, 2.75) is 88.3 Å². The molecule has 15 heteroatoms. The van der Waals surface area contributed by atoms with E-state index in [2.05, 4.69) is 46.0 Å². The fraction of sp³-hybridized carbons (Fsp3) is 0.467. The van der Waals surface area contributed by atoms with Gasteiger partial charge in [0.25, 0.3) is 5.56 Å². The van der Waals surface area contributed by atoms with Gasteiger partial charge in [-0.2, -0.15) is 0 Å². The predicted octanol–water partition coefficient (Wildman–Crippen LogP) is 5.43. The summed E-state index contributed by atoms with van der Waals surface area (Å²) in [6.07, 6.45) is 10.6. The molecule has 0 bridgehead atoms. The lowest BCUT2D eigenvalue weighted by atomic mass is 9.87. The predicted molar refractivity (Wildman–Crippen MR) is 225 cm³/mol. The number of anilines is 2. The second-order valence-electron chi connectivity index (χ2n) is 16.8. The normalized spacial score (nSPS) is 22.3. The molecule has 0 radical (unpaired) electrons. The van der Waals surface area contributed by atoms with E-state index in [-0.39, 0.29) is 59.2 Å². The van der Waals surface area contributed by atoms with E-state index >= 15 is 4.39 Å². The number of carbonyl (C=O) groups excluding carboxylic acids is 3. The van der Waals surface area contributed by atoms with E-state index in [0.717, 1.165) is 89.7 Å². The highest BCUT2D eigenvalue weighted by molar-refractivity contribution is 6.01. The zero-order valence-electron chi connectivity index (χ0n) is 33.7. The third-order valence-corrected chi connectivity index (χ3v) is 12.6. The molecule has 1 aliphatic carbocycles. The van der Waals surface area contributed by atoms with Crippen LogP contribution in [0.2, 0.25) is 0 Å². The molecule has 2 aromatic carbocycles. The maximum atomic E-state index is 15.2. The van der Waals surface area contributed by atoms with Crippen LogP contribution in [-0.2, 0) is 14.4 Å². The van der Waals surface area contributed by atoms with Crippen molar-refractivity contribution in [3.05, 3.63) is 94.5 Å². The average Bonchev–Trinajstić information content (AvgIpc) is 3.25. The number of imide groups is 1. The second-order valence-corrected chi connectivity index (χ2v) is 16.8. The number of likely N-dealkylation sites (tertiary alicyclic amines) is 2. The summed E-state index contributed by atoms with van der Waals surface area (Å²) >= 11 is 0. The standard InChI is InChI=1S/C45H53F2N9O4/c46-37-24-34(50-39-12-13-40(57)53-44(39)60)10-11-35(37)29-16-21-55(22-17-29)26-28-14-19-56(20-15-28)27-41(58)51-32-6-8-33(9-7-32)52-45-49-25-38(47)42(54-45)31-4-1-3-30(23-31)36-5-2-18-48-43(36)59/h1-5,10-11,18,23-25,28-29,32-33,39,50H,6-9,12-17,19-22,26-27H2,(H,48,59)(H,51,58)(H,49,52,54)(H,53,57,60)/t32-,33-,39?. The molecule has 1 saturated carbocycles. The minimum Gasteiger partial charge on any atom is -0.374 e. The summed E-state index contributed by atoms with van der Waals surface area (Å²) in [6.45, 7) is 5.05. The van der Waals surface area contributed by atoms with Gasteiger partial charge in [-0.3, -0.25) is 29.4 Å². The molecule has 60 heavy (non-hydrogen) atoms. The molecule has 4 fully saturated rings. The van der Waals surface area contributed by atoms with Crippen molar-refractivity contribution in [3.63, 3.8) is 0 Å². The Morgan fingerprint density at radius 1 is 0.783 bits per heavy atom. The molecule has 5 N–H and O–H groups in total. The molecule has 4 aromatic rings. The van der Waals surface area contributed by atoms with Crippen LogP contribution in [0, 0.1) is 17.6 Å². The Labute approximate surface area is 348 Å².